The van der Waals surface area contributed by atoms with Crippen LogP contribution in [0, 0.1) is 0 Å². The van der Waals surface area contributed by atoms with E-state index in [9.17, 15) is 5.11 Å². The van der Waals surface area contributed by atoms with Gasteiger partial charge in [0.25, 0.3) is 0 Å². The van der Waals surface area contributed by atoms with Gasteiger partial charge >= 0.3 is 0 Å². The van der Waals surface area contributed by atoms with E-state index in [1.165, 1.54) is 0 Å². The van der Waals surface area contributed by atoms with Crippen molar-refractivity contribution in [3.8, 4) is 0 Å². The summed E-state index contributed by atoms with van der Waals surface area (Å²) in [6.07, 6.45) is 0.954. The first-order valence-corrected chi connectivity index (χ1v) is 4.78. The fourth-order valence-corrected chi connectivity index (χ4v) is 1.94. The molecule has 1 aliphatic rings. The lowest BCUT2D eigenvalue weighted by Crippen LogP contribution is -3.00. The summed E-state index contributed by atoms with van der Waals surface area (Å²) in [5.74, 6) is 0. The van der Waals surface area contributed by atoms with Crippen LogP contribution < -0.4 is 29.3 Å². The Morgan fingerprint density at radius 2 is 2.40 bits per heavy atom. The molecule has 0 radical (unpaired) electrons. The van der Waals surface area contributed by atoms with Crippen LogP contribution >= 0.6 is 22.6 Å². The van der Waals surface area contributed by atoms with Crippen molar-refractivity contribution >= 4 is 22.6 Å². The van der Waals surface area contributed by atoms with Crippen LogP contribution in [0.25, 0.3) is 0 Å². The minimum Gasteiger partial charge on any atom is -1.00 e. The molecule has 0 aromatic carbocycles. The van der Waals surface area contributed by atoms with Gasteiger partial charge in [0.1, 0.15) is 12.1 Å². The summed E-state index contributed by atoms with van der Waals surface area (Å²) in [5.41, 5.74) is -0.393. The van der Waals surface area contributed by atoms with Crippen molar-refractivity contribution in [3.05, 3.63) is 0 Å². The van der Waals surface area contributed by atoms with Crippen LogP contribution in [0.2, 0.25) is 0 Å². The predicted octanol–water partition coefficient (Wildman–Crippen LogP) is -3.49. The molecule has 1 fully saturated rings. The molecule has 1 aliphatic heterocycles. The molecule has 62 valence electrons. The highest BCUT2D eigenvalue weighted by molar-refractivity contribution is 14.1. The lowest BCUT2D eigenvalue weighted by molar-refractivity contribution is -0.669. The van der Waals surface area contributed by atoms with E-state index in [-0.39, 0.29) is 24.0 Å². The fourth-order valence-electron chi connectivity index (χ4n) is 1.27. The lowest BCUT2D eigenvalue weighted by atomic mass is 10.0. The maximum Gasteiger partial charge on any atom is 0.116 e. The normalized spacial score (nSPS) is 39.3. The van der Waals surface area contributed by atoms with Gasteiger partial charge in [-0.05, 0) is 6.92 Å². The average molecular weight is 369 g/mol. The van der Waals surface area contributed by atoms with Gasteiger partial charge in [-0.25, -0.2) is 0 Å². The van der Waals surface area contributed by atoms with E-state index in [2.05, 4.69) is 27.9 Å². The monoisotopic (exact) mass is 369 g/mol. The van der Waals surface area contributed by atoms with Gasteiger partial charge in [0.15, 0.2) is 0 Å². The van der Waals surface area contributed by atoms with Gasteiger partial charge in [0.05, 0.1) is 10.5 Å². The number of rotatable bonds is 1. The molecule has 1 heterocycles. The summed E-state index contributed by atoms with van der Waals surface area (Å²) >= 11 is 2.36. The first-order valence-electron chi connectivity index (χ1n) is 3.26. The number of hydrogen-bond donors (Lipinski definition) is 2. The molecule has 2 atom stereocenters. The van der Waals surface area contributed by atoms with Crippen LogP contribution in [-0.4, -0.2) is 27.7 Å². The molecule has 2 unspecified atom stereocenters. The molecule has 0 aromatic heterocycles. The largest absolute Gasteiger partial charge is 1.00 e. The van der Waals surface area contributed by atoms with Crippen LogP contribution in [-0.2, 0) is 0 Å². The van der Waals surface area contributed by atoms with E-state index in [1.54, 1.807) is 0 Å². The van der Waals surface area contributed by atoms with Gasteiger partial charge in [-0.1, -0.05) is 22.6 Å². The highest BCUT2D eigenvalue weighted by Crippen LogP contribution is 2.13. The van der Waals surface area contributed by atoms with Crippen LogP contribution in [0.5, 0.6) is 0 Å². The molecule has 1 rings (SSSR count). The summed E-state index contributed by atoms with van der Waals surface area (Å²) in [7, 11) is 0. The van der Waals surface area contributed by atoms with E-state index in [0.717, 1.165) is 17.4 Å². The van der Waals surface area contributed by atoms with Crippen LogP contribution in [0.15, 0.2) is 0 Å². The molecule has 10 heavy (non-hydrogen) atoms. The van der Waals surface area contributed by atoms with E-state index in [1.807, 2.05) is 6.92 Å². The third kappa shape index (κ3) is 3.19. The quantitative estimate of drug-likeness (QED) is 0.366. The molecule has 0 bridgehead atoms. The lowest BCUT2D eigenvalue weighted by Gasteiger charge is -2.09. The Kier molecular flexibility index (Phi) is 5.03. The van der Waals surface area contributed by atoms with Gasteiger partial charge in [0, 0.05) is 6.42 Å². The number of alkyl halides is 1. The molecular formula is C6H13I2NO. The molecule has 0 aliphatic carbocycles. The number of aliphatic hydroxyl groups is 1. The Morgan fingerprint density at radius 3 is 2.60 bits per heavy atom. The summed E-state index contributed by atoms with van der Waals surface area (Å²) in [5, 5.41) is 11.7. The molecule has 0 aromatic rings. The third-order valence-electron chi connectivity index (χ3n) is 1.79. The molecule has 0 saturated carbocycles. The molecule has 2 nitrogen and oxygen atoms in total. The minimum atomic E-state index is -0.393. The van der Waals surface area contributed by atoms with Crippen molar-refractivity contribution < 1.29 is 34.4 Å². The standard InChI is InChI=1S/C6H12INO.HI/c1-6(9)2-5(3-7)8-4-6;/h5,8-9H,2-4H2,1H3;1H. The second-order valence-corrected chi connectivity index (χ2v) is 3.94. The molecule has 3 N–H and O–H groups in total. The Morgan fingerprint density at radius 1 is 1.80 bits per heavy atom. The third-order valence-corrected chi connectivity index (χ3v) is 2.92. The van der Waals surface area contributed by atoms with Crippen LogP contribution in [0.1, 0.15) is 13.3 Å². The topological polar surface area (TPSA) is 36.8 Å². The van der Waals surface area contributed by atoms with Gasteiger partial charge < -0.3 is 34.4 Å². The maximum atomic E-state index is 9.46. The van der Waals surface area contributed by atoms with E-state index < -0.39 is 5.60 Å². The van der Waals surface area contributed by atoms with Crippen molar-refractivity contribution in [2.24, 2.45) is 0 Å². The Hall–Kier alpha value is 1.38. The van der Waals surface area contributed by atoms with Crippen molar-refractivity contribution in [2.75, 3.05) is 11.0 Å². The summed E-state index contributed by atoms with van der Waals surface area (Å²) < 4.78 is 1.15. The second-order valence-electron chi connectivity index (χ2n) is 3.06. The zero-order valence-corrected chi connectivity index (χ0v) is 10.3. The highest BCUT2D eigenvalue weighted by atomic mass is 127. The Balaban J connectivity index is 0.000000810. The van der Waals surface area contributed by atoms with Gasteiger partial charge in [-0.2, -0.15) is 0 Å². The smallest absolute Gasteiger partial charge is 0.116 e. The van der Waals surface area contributed by atoms with E-state index in [4.69, 9.17) is 0 Å². The Labute approximate surface area is 92.3 Å². The van der Waals surface area contributed by atoms with E-state index >= 15 is 0 Å². The zero-order chi connectivity index (χ0) is 6.91. The van der Waals surface area contributed by atoms with Crippen molar-refractivity contribution in [3.63, 3.8) is 0 Å². The first kappa shape index (κ1) is 11.4. The molecule has 0 amide bonds. The van der Waals surface area contributed by atoms with Crippen LogP contribution in [0.3, 0.4) is 0 Å². The summed E-state index contributed by atoms with van der Waals surface area (Å²) in [4.78, 5) is 0. The Bertz CT molecular complexity index is 108. The minimum absolute atomic E-state index is 0. The van der Waals surface area contributed by atoms with Gasteiger partial charge in [-0.15, -0.1) is 0 Å². The highest BCUT2D eigenvalue weighted by Gasteiger charge is 2.35. The van der Waals surface area contributed by atoms with Crippen LogP contribution in [0.4, 0.5) is 0 Å². The zero-order valence-electron chi connectivity index (χ0n) is 5.98. The average Bonchev–Trinajstić information content (AvgIpc) is 2.10. The summed E-state index contributed by atoms with van der Waals surface area (Å²) in [6, 6.07) is 0.653. The van der Waals surface area contributed by atoms with Crippen molar-refractivity contribution in [1.29, 1.82) is 0 Å². The van der Waals surface area contributed by atoms with Gasteiger partial charge in [-0.3, -0.25) is 0 Å². The van der Waals surface area contributed by atoms with Gasteiger partial charge in [0.2, 0.25) is 0 Å². The number of quaternary nitrogens is 1. The number of nitrogens with two attached hydrogens (primary N) is 1. The number of hydrogen-bond acceptors (Lipinski definition) is 1. The molecule has 0 spiro atoms. The fraction of sp³-hybridized carbons (Fsp3) is 1.00. The van der Waals surface area contributed by atoms with E-state index in [0.29, 0.717) is 6.04 Å². The molecular weight excluding hydrogens is 356 g/mol. The predicted molar refractivity (Wildman–Crippen MR) is 44.7 cm³/mol. The first-order chi connectivity index (χ1) is 4.14. The number of halogens is 2. The molecule has 1 saturated heterocycles. The van der Waals surface area contributed by atoms with Crippen molar-refractivity contribution in [2.45, 2.75) is 25.0 Å². The molecule has 4 heteroatoms. The summed E-state index contributed by atoms with van der Waals surface area (Å²) in [6.45, 7) is 2.79. The SMILES string of the molecule is CC1(O)C[NH2+]C(CI)C1.[I-]. The maximum absolute atomic E-state index is 9.46. The second kappa shape index (κ2) is 4.42. The van der Waals surface area contributed by atoms with Crippen molar-refractivity contribution in [1.82, 2.24) is 0 Å².